The van der Waals surface area contributed by atoms with Gasteiger partial charge in [0.05, 0.1) is 35.8 Å². The Kier molecular flexibility index (Phi) is 6.21. The van der Waals surface area contributed by atoms with Crippen LogP contribution in [0.2, 0.25) is 5.02 Å². The maximum atomic E-state index is 13.7. The summed E-state index contributed by atoms with van der Waals surface area (Å²) in [5.74, 6) is -0.721. The molecule has 1 N–H and O–H groups in total. The van der Waals surface area contributed by atoms with Crippen LogP contribution in [-0.2, 0) is 6.18 Å². The summed E-state index contributed by atoms with van der Waals surface area (Å²) in [6.45, 7) is 0. The molecule has 0 aliphatic carbocycles. The first-order valence-electron chi connectivity index (χ1n) is 10.1. The second-order valence-corrected chi connectivity index (χ2v) is 7.92. The smallest absolute Gasteiger partial charge is 0.416 e. The van der Waals surface area contributed by atoms with Crippen molar-refractivity contribution in [1.82, 2.24) is 4.57 Å². The van der Waals surface area contributed by atoms with Crippen molar-refractivity contribution in [3.63, 3.8) is 0 Å². The van der Waals surface area contributed by atoms with Gasteiger partial charge in [-0.1, -0.05) is 11.6 Å². The van der Waals surface area contributed by atoms with E-state index in [9.17, 15) is 27.9 Å². The van der Waals surface area contributed by atoms with Crippen LogP contribution in [0, 0.1) is 0 Å². The SMILES string of the molecule is COc1ccc(-n2cc(Cl)c3cc(OC)cc(-c4cc(C(F)(F)F)ccc4C(=O)O)c3c2=O)cc1. The number of carboxylic acids is 1. The average molecular weight is 504 g/mol. The van der Waals surface area contributed by atoms with Crippen LogP contribution >= 0.6 is 11.6 Å². The largest absolute Gasteiger partial charge is 0.497 e. The van der Waals surface area contributed by atoms with E-state index >= 15 is 0 Å². The molecule has 180 valence electrons. The quantitative estimate of drug-likeness (QED) is 0.359. The predicted molar refractivity (Wildman–Crippen MR) is 125 cm³/mol. The molecule has 6 nitrogen and oxygen atoms in total. The van der Waals surface area contributed by atoms with E-state index in [1.165, 1.54) is 37.1 Å². The number of hydrogen-bond acceptors (Lipinski definition) is 4. The Labute approximate surface area is 201 Å². The highest BCUT2D eigenvalue weighted by atomic mass is 35.5. The first-order valence-corrected chi connectivity index (χ1v) is 10.4. The highest BCUT2D eigenvalue weighted by Gasteiger charge is 2.32. The van der Waals surface area contributed by atoms with Gasteiger partial charge in [-0.05, 0) is 65.7 Å². The van der Waals surface area contributed by atoms with Crippen LogP contribution in [0.3, 0.4) is 0 Å². The Morgan fingerprint density at radius 1 is 0.943 bits per heavy atom. The molecule has 0 aliphatic heterocycles. The van der Waals surface area contributed by atoms with Crippen LogP contribution in [0.4, 0.5) is 13.2 Å². The molecule has 35 heavy (non-hydrogen) atoms. The Balaban J connectivity index is 2.13. The lowest BCUT2D eigenvalue weighted by Gasteiger charge is -2.17. The lowest BCUT2D eigenvalue weighted by atomic mass is 9.93. The molecular weight excluding hydrogens is 487 g/mol. The number of ether oxygens (including phenoxy) is 2. The number of carboxylic acid groups (broad SMARTS) is 1. The van der Waals surface area contributed by atoms with E-state index in [1.54, 1.807) is 24.3 Å². The summed E-state index contributed by atoms with van der Waals surface area (Å²) in [5.41, 5.74) is -2.02. The number of nitrogens with zero attached hydrogens (tertiary/aromatic N) is 1. The minimum atomic E-state index is -4.73. The number of carbonyl (C=O) groups is 1. The van der Waals surface area contributed by atoms with Crippen LogP contribution in [0.5, 0.6) is 11.5 Å². The molecule has 0 fully saturated rings. The predicted octanol–water partition coefficient (Wildman–Crippen LogP) is 6.05. The maximum Gasteiger partial charge on any atom is 0.416 e. The molecule has 4 aromatic rings. The Hall–Kier alpha value is -3.98. The summed E-state index contributed by atoms with van der Waals surface area (Å²) in [6, 6.07) is 11.5. The first kappa shape index (κ1) is 24.2. The van der Waals surface area contributed by atoms with Crippen molar-refractivity contribution in [2.45, 2.75) is 6.18 Å². The third kappa shape index (κ3) is 4.42. The van der Waals surface area contributed by atoms with Gasteiger partial charge in [-0.25, -0.2) is 4.79 Å². The molecule has 0 aliphatic rings. The first-order chi connectivity index (χ1) is 16.5. The number of aromatic nitrogens is 1. The van der Waals surface area contributed by atoms with Crippen LogP contribution in [0.15, 0.2) is 65.6 Å². The zero-order valence-electron chi connectivity index (χ0n) is 18.3. The summed E-state index contributed by atoms with van der Waals surface area (Å²) in [4.78, 5) is 25.6. The Morgan fingerprint density at radius 3 is 2.17 bits per heavy atom. The number of halogens is 4. The fourth-order valence-electron chi connectivity index (χ4n) is 3.79. The molecule has 1 heterocycles. The van der Waals surface area contributed by atoms with Gasteiger partial charge in [0.25, 0.3) is 5.56 Å². The zero-order chi connectivity index (χ0) is 25.5. The third-order valence-electron chi connectivity index (χ3n) is 5.50. The van der Waals surface area contributed by atoms with Gasteiger partial charge in [0, 0.05) is 17.3 Å². The van der Waals surface area contributed by atoms with Gasteiger partial charge < -0.3 is 14.6 Å². The van der Waals surface area contributed by atoms with Crippen LogP contribution in [0.1, 0.15) is 15.9 Å². The Morgan fingerprint density at radius 2 is 1.60 bits per heavy atom. The number of hydrogen-bond donors (Lipinski definition) is 1. The van der Waals surface area contributed by atoms with Crippen molar-refractivity contribution >= 4 is 28.3 Å². The van der Waals surface area contributed by atoms with Crippen molar-refractivity contribution in [1.29, 1.82) is 0 Å². The second kappa shape index (κ2) is 8.99. The third-order valence-corrected chi connectivity index (χ3v) is 5.80. The van der Waals surface area contributed by atoms with Gasteiger partial charge in [0.1, 0.15) is 11.5 Å². The molecule has 0 saturated heterocycles. The topological polar surface area (TPSA) is 77.8 Å². The molecule has 0 radical (unpaired) electrons. The van der Waals surface area contributed by atoms with Crippen molar-refractivity contribution in [3.05, 3.63) is 87.3 Å². The number of rotatable bonds is 5. The Bertz CT molecular complexity index is 1510. The minimum Gasteiger partial charge on any atom is -0.497 e. The van der Waals surface area contributed by atoms with E-state index in [-0.39, 0.29) is 32.7 Å². The number of pyridine rings is 1. The van der Waals surface area contributed by atoms with Gasteiger partial charge in [-0.2, -0.15) is 13.2 Å². The second-order valence-electron chi connectivity index (χ2n) is 7.51. The molecule has 0 amide bonds. The van der Waals surface area contributed by atoms with E-state index in [2.05, 4.69) is 0 Å². The van der Waals surface area contributed by atoms with E-state index in [4.69, 9.17) is 21.1 Å². The number of methoxy groups -OCH3 is 2. The standard InChI is InChI=1S/C25H17ClF3NO5/c1-34-15-6-4-14(5-7-15)30-12-21(26)20-11-16(35-2)10-19(22(20)23(30)31)18-9-13(25(27,28)29)3-8-17(18)24(32)33/h3-12H,1-2H3,(H,32,33). The highest BCUT2D eigenvalue weighted by Crippen LogP contribution is 2.39. The molecule has 4 rings (SSSR count). The monoisotopic (exact) mass is 503 g/mol. The van der Waals surface area contributed by atoms with Gasteiger partial charge in [-0.3, -0.25) is 9.36 Å². The molecule has 10 heteroatoms. The number of alkyl halides is 3. The van der Waals surface area contributed by atoms with Gasteiger partial charge >= 0.3 is 12.1 Å². The van der Waals surface area contributed by atoms with Gasteiger partial charge in [-0.15, -0.1) is 0 Å². The molecule has 0 atom stereocenters. The van der Waals surface area contributed by atoms with Crippen molar-refractivity contribution < 1.29 is 32.5 Å². The van der Waals surface area contributed by atoms with Gasteiger partial charge in [0.15, 0.2) is 0 Å². The fraction of sp³-hybridized carbons (Fsp3) is 0.120. The van der Waals surface area contributed by atoms with E-state index in [0.717, 1.165) is 6.07 Å². The summed E-state index contributed by atoms with van der Waals surface area (Å²) in [6.07, 6.45) is -3.36. The molecule has 3 aromatic carbocycles. The normalized spacial score (nSPS) is 11.5. The minimum absolute atomic E-state index is 0.0578. The molecule has 0 spiro atoms. The lowest BCUT2D eigenvalue weighted by molar-refractivity contribution is -0.137. The summed E-state index contributed by atoms with van der Waals surface area (Å²) < 4.78 is 52.1. The summed E-state index contributed by atoms with van der Waals surface area (Å²) in [7, 11) is 2.82. The summed E-state index contributed by atoms with van der Waals surface area (Å²) in [5, 5.41) is 9.94. The molecule has 1 aromatic heterocycles. The van der Waals surface area contributed by atoms with Crippen molar-refractivity contribution in [2.75, 3.05) is 14.2 Å². The maximum absolute atomic E-state index is 13.7. The number of fused-ring (bicyclic) bond motifs is 1. The molecular formula is C25H17ClF3NO5. The van der Waals surface area contributed by atoms with Crippen LogP contribution in [0.25, 0.3) is 27.6 Å². The van der Waals surface area contributed by atoms with Crippen molar-refractivity contribution in [2.24, 2.45) is 0 Å². The highest BCUT2D eigenvalue weighted by molar-refractivity contribution is 6.36. The molecule has 0 saturated carbocycles. The average Bonchev–Trinajstić information content (AvgIpc) is 2.84. The van der Waals surface area contributed by atoms with E-state index < -0.39 is 28.8 Å². The summed E-state index contributed by atoms with van der Waals surface area (Å²) >= 11 is 6.50. The zero-order valence-corrected chi connectivity index (χ0v) is 19.1. The fourth-order valence-corrected chi connectivity index (χ4v) is 4.04. The molecule has 0 bridgehead atoms. The number of benzene rings is 3. The van der Waals surface area contributed by atoms with Gasteiger partial charge in [0.2, 0.25) is 0 Å². The van der Waals surface area contributed by atoms with Crippen molar-refractivity contribution in [3.8, 4) is 28.3 Å². The molecule has 0 unspecified atom stereocenters. The lowest BCUT2D eigenvalue weighted by Crippen LogP contribution is -2.19. The number of aromatic carboxylic acids is 1. The van der Waals surface area contributed by atoms with Crippen LogP contribution < -0.4 is 15.0 Å². The van der Waals surface area contributed by atoms with Crippen LogP contribution in [-0.4, -0.2) is 29.9 Å². The van der Waals surface area contributed by atoms with E-state index in [1.807, 2.05) is 0 Å². The van der Waals surface area contributed by atoms with E-state index in [0.29, 0.717) is 23.6 Å².